The minimum absolute atomic E-state index is 0.0414. The number of ether oxygens (including phenoxy) is 2. The Labute approximate surface area is 197 Å². The molecule has 0 saturated carbocycles. The average Bonchev–Trinajstić information content (AvgIpc) is 3.50. The molecule has 0 bridgehead atoms. The van der Waals surface area contributed by atoms with E-state index in [0.717, 1.165) is 53.9 Å². The van der Waals surface area contributed by atoms with E-state index in [0.29, 0.717) is 12.5 Å². The van der Waals surface area contributed by atoms with Gasteiger partial charge in [-0.15, -0.1) is 0 Å². The van der Waals surface area contributed by atoms with Crippen LogP contribution in [0.3, 0.4) is 0 Å². The molecule has 0 N–H and O–H groups in total. The van der Waals surface area contributed by atoms with Gasteiger partial charge in [0.05, 0.1) is 32.2 Å². The van der Waals surface area contributed by atoms with Crippen molar-refractivity contribution in [1.29, 1.82) is 0 Å². The molecule has 34 heavy (non-hydrogen) atoms. The van der Waals surface area contributed by atoms with Crippen molar-refractivity contribution in [3.05, 3.63) is 65.3 Å². The second-order valence-electron chi connectivity index (χ2n) is 8.96. The Morgan fingerprint density at radius 2 is 1.71 bits per heavy atom. The number of methoxy groups -OCH3 is 2. The molecule has 2 aliphatic rings. The number of pyridine rings is 1. The van der Waals surface area contributed by atoms with E-state index in [4.69, 9.17) is 9.47 Å². The van der Waals surface area contributed by atoms with E-state index in [9.17, 15) is 8.78 Å². The van der Waals surface area contributed by atoms with E-state index >= 15 is 0 Å². The lowest BCUT2D eigenvalue weighted by atomic mass is 9.97. The molecule has 5 rings (SSSR count). The fourth-order valence-electron chi connectivity index (χ4n) is 4.82. The number of nitrogens with zero attached hydrogens (tertiary/aromatic N) is 4. The van der Waals surface area contributed by atoms with Crippen molar-refractivity contribution in [3.63, 3.8) is 0 Å². The third-order valence-electron chi connectivity index (χ3n) is 6.89. The topological polar surface area (TPSA) is 52.4 Å². The largest absolute Gasteiger partial charge is 0.494 e. The molecule has 3 heterocycles. The van der Waals surface area contributed by atoms with Gasteiger partial charge in [0.15, 0.2) is 23.1 Å². The van der Waals surface area contributed by atoms with Crippen LogP contribution >= 0.6 is 0 Å². The maximum Gasteiger partial charge on any atom is 0.171 e. The highest BCUT2D eigenvalue weighted by Crippen LogP contribution is 2.37. The number of fused-ring (bicyclic) bond motifs is 1. The van der Waals surface area contributed by atoms with Crippen molar-refractivity contribution in [2.75, 3.05) is 34.4 Å². The summed E-state index contributed by atoms with van der Waals surface area (Å²) in [6.45, 7) is 2.13. The predicted molar refractivity (Wildman–Crippen MR) is 126 cm³/mol. The molecule has 0 unspecified atom stereocenters. The smallest absolute Gasteiger partial charge is 0.171 e. The first-order valence-electron chi connectivity index (χ1n) is 11.5. The predicted octanol–water partition coefficient (Wildman–Crippen LogP) is 4.69. The number of rotatable bonds is 6. The van der Waals surface area contributed by atoms with Crippen LogP contribution in [0, 0.1) is 11.6 Å². The molecule has 1 aromatic carbocycles. The number of allylic oxidation sites excluding steroid dienone is 2. The van der Waals surface area contributed by atoms with Gasteiger partial charge in [-0.05, 0) is 44.6 Å². The number of benzene rings is 1. The molecule has 3 aromatic rings. The summed E-state index contributed by atoms with van der Waals surface area (Å²) in [6, 6.07) is 3.67. The summed E-state index contributed by atoms with van der Waals surface area (Å²) in [5.41, 5.74) is 4.49. The number of hydrogen-bond donors (Lipinski definition) is 0. The Kier molecular flexibility index (Phi) is 6.08. The lowest BCUT2D eigenvalue weighted by molar-refractivity contribution is 0.212. The van der Waals surface area contributed by atoms with Crippen LogP contribution < -0.4 is 9.47 Å². The van der Waals surface area contributed by atoms with Gasteiger partial charge in [0.25, 0.3) is 0 Å². The number of aromatic nitrogens is 3. The number of piperidine rings is 1. The lowest BCUT2D eigenvalue weighted by Gasteiger charge is -2.28. The summed E-state index contributed by atoms with van der Waals surface area (Å²) in [6.07, 6.45) is 10.6. The highest BCUT2D eigenvalue weighted by atomic mass is 19.1. The van der Waals surface area contributed by atoms with E-state index in [1.165, 1.54) is 20.3 Å². The second-order valence-corrected chi connectivity index (χ2v) is 8.96. The zero-order chi connectivity index (χ0) is 23.8. The van der Waals surface area contributed by atoms with Gasteiger partial charge in [-0.1, -0.05) is 6.08 Å². The van der Waals surface area contributed by atoms with Crippen molar-refractivity contribution in [2.24, 2.45) is 0 Å². The summed E-state index contributed by atoms with van der Waals surface area (Å²) in [4.78, 5) is 6.97. The van der Waals surface area contributed by atoms with E-state index < -0.39 is 11.6 Å². The van der Waals surface area contributed by atoms with Crippen LogP contribution in [-0.4, -0.2) is 54.0 Å². The van der Waals surface area contributed by atoms with Crippen LogP contribution in [0.1, 0.15) is 35.7 Å². The van der Waals surface area contributed by atoms with Gasteiger partial charge in [-0.2, -0.15) is 5.10 Å². The second kappa shape index (κ2) is 9.18. The van der Waals surface area contributed by atoms with Crippen LogP contribution in [0.5, 0.6) is 11.5 Å². The van der Waals surface area contributed by atoms with Gasteiger partial charge in [0.2, 0.25) is 0 Å². The summed E-state index contributed by atoms with van der Waals surface area (Å²) >= 11 is 0. The molecule has 1 fully saturated rings. The first kappa shape index (κ1) is 22.5. The zero-order valence-electron chi connectivity index (χ0n) is 19.6. The molecule has 6 nitrogen and oxygen atoms in total. The maximum absolute atomic E-state index is 15.0. The molecular weight excluding hydrogens is 438 g/mol. The molecule has 0 atom stereocenters. The Hall–Kier alpha value is -3.26. The van der Waals surface area contributed by atoms with Crippen LogP contribution in [0.2, 0.25) is 0 Å². The normalized spacial score (nSPS) is 16.4. The third kappa shape index (κ3) is 4.07. The van der Waals surface area contributed by atoms with Gasteiger partial charge in [-0.25, -0.2) is 8.78 Å². The van der Waals surface area contributed by atoms with Crippen LogP contribution in [0.25, 0.3) is 16.7 Å². The van der Waals surface area contributed by atoms with E-state index in [2.05, 4.69) is 32.9 Å². The maximum atomic E-state index is 15.0. The number of halogens is 2. The van der Waals surface area contributed by atoms with Gasteiger partial charge in [0, 0.05) is 53.6 Å². The summed E-state index contributed by atoms with van der Waals surface area (Å²) in [5, 5.41) is 4.61. The molecule has 8 heteroatoms. The third-order valence-corrected chi connectivity index (χ3v) is 6.89. The minimum atomic E-state index is -0.710. The molecular formula is C26H28F2N4O2. The summed E-state index contributed by atoms with van der Waals surface area (Å²) < 4.78 is 42.1. The minimum Gasteiger partial charge on any atom is -0.494 e. The first-order chi connectivity index (χ1) is 16.5. The molecule has 1 aliphatic heterocycles. The van der Waals surface area contributed by atoms with Crippen molar-refractivity contribution >= 4 is 5.57 Å². The van der Waals surface area contributed by atoms with Crippen molar-refractivity contribution in [2.45, 2.75) is 31.7 Å². The Balaban J connectivity index is 1.42. The Bertz CT molecular complexity index is 1220. The summed E-state index contributed by atoms with van der Waals surface area (Å²) in [5.74, 6) is -1.50. The highest BCUT2D eigenvalue weighted by Gasteiger charge is 2.25. The monoisotopic (exact) mass is 466 g/mol. The molecule has 2 aromatic heterocycles. The quantitative estimate of drug-likeness (QED) is 0.528. The molecule has 0 amide bonds. The zero-order valence-corrected chi connectivity index (χ0v) is 19.6. The van der Waals surface area contributed by atoms with E-state index in [1.54, 1.807) is 0 Å². The molecule has 1 saturated heterocycles. The molecule has 0 spiro atoms. The number of hydrogen-bond acceptors (Lipinski definition) is 5. The van der Waals surface area contributed by atoms with Crippen LogP contribution in [0.4, 0.5) is 8.78 Å². The summed E-state index contributed by atoms with van der Waals surface area (Å²) in [7, 11) is 4.85. The highest BCUT2D eigenvalue weighted by molar-refractivity contribution is 5.77. The van der Waals surface area contributed by atoms with Crippen molar-refractivity contribution in [1.82, 2.24) is 19.7 Å². The Morgan fingerprint density at radius 3 is 2.38 bits per heavy atom. The van der Waals surface area contributed by atoms with Crippen molar-refractivity contribution < 1.29 is 18.3 Å². The van der Waals surface area contributed by atoms with Crippen molar-refractivity contribution in [3.8, 4) is 22.6 Å². The fraction of sp³-hybridized carbons (Fsp3) is 0.385. The molecule has 178 valence electrons. The van der Waals surface area contributed by atoms with Crippen LogP contribution in [0.15, 0.2) is 36.8 Å². The van der Waals surface area contributed by atoms with Gasteiger partial charge >= 0.3 is 0 Å². The van der Waals surface area contributed by atoms with Gasteiger partial charge < -0.3 is 14.4 Å². The first-order valence-corrected chi connectivity index (χ1v) is 11.5. The standard InChI is InChI=1S/C26H28F2N4O2/c1-31-8-6-19(7-9-31)32-15-18(14-30-32)17-11-20-16(4-5-22(20)29-13-17)10-21-25(27)23(33-2)12-24(34-3)26(21)28/h4,11-15,19H,5-10H2,1-3H3. The molecule has 0 radical (unpaired) electrons. The fourth-order valence-corrected chi connectivity index (χ4v) is 4.82. The molecule has 1 aliphatic carbocycles. The van der Waals surface area contributed by atoms with Gasteiger partial charge in [-0.3, -0.25) is 9.67 Å². The SMILES string of the molecule is COc1cc(OC)c(F)c(CC2=CCc3ncc(-c4cnn(C5CCN(C)CC5)c4)cc32)c1F. The Morgan fingerprint density at radius 1 is 1.00 bits per heavy atom. The number of likely N-dealkylation sites (tertiary alicyclic amines) is 1. The van der Waals surface area contributed by atoms with Gasteiger partial charge in [0.1, 0.15) is 0 Å². The van der Waals surface area contributed by atoms with E-state index in [-0.39, 0.29) is 23.5 Å². The van der Waals surface area contributed by atoms with E-state index in [1.807, 2.05) is 24.5 Å². The van der Waals surface area contributed by atoms with Crippen LogP contribution in [-0.2, 0) is 12.8 Å². The average molecular weight is 467 g/mol. The lowest BCUT2D eigenvalue weighted by Crippen LogP contribution is -2.31.